The molecule has 0 nitrogen and oxygen atoms in total. The van der Waals surface area contributed by atoms with Gasteiger partial charge in [0.25, 0.3) is 0 Å². The monoisotopic (exact) mass is 198 g/mol. The summed E-state index contributed by atoms with van der Waals surface area (Å²) in [6, 6.07) is 10.0. The Morgan fingerprint density at radius 2 is 1.53 bits per heavy atom. The van der Waals surface area contributed by atoms with Gasteiger partial charge >= 0.3 is 0 Å². The van der Waals surface area contributed by atoms with Crippen molar-refractivity contribution in [3.63, 3.8) is 0 Å². The normalized spacial score (nSPS) is 7.80. The maximum Gasteiger partial charge on any atom is -0.0263 e. The number of rotatable bonds is 3. The van der Waals surface area contributed by atoms with Gasteiger partial charge in [-0.2, -0.15) is 0 Å². The third-order valence-corrected chi connectivity index (χ3v) is 1.84. The molecule has 0 fully saturated rings. The summed E-state index contributed by atoms with van der Waals surface area (Å²) in [6.07, 6.45) is 7.33. The number of hydrogen-bond donors (Lipinski definition) is 0. The Labute approximate surface area is 93.0 Å². The van der Waals surface area contributed by atoms with E-state index in [1.54, 1.807) is 12.2 Å². The molecule has 0 atom stereocenters. The highest BCUT2D eigenvalue weighted by atomic mass is 13.8. The van der Waals surface area contributed by atoms with Crippen molar-refractivity contribution in [3.8, 4) is 0 Å². The fourth-order valence-electron chi connectivity index (χ4n) is 0.908. The first-order valence-corrected chi connectivity index (χ1v) is 4.87. The van der Waals surface area contributed by atoms with E-state index in [4.69, 9.17) is 0 Å². The zero-order chi connectivity index (χ0) is 11.5. The van der Waals surface area contributed by atoms with Crippen LogP contribution in [0.25, 0.3) is 6.08 Å². The van der Waals surface area contributed by atoms with Crippen LogP contribution in [0.2, 0.25) is 0 Å². The molecule has 0 aromatic heterocycles. The minimum Gasteiger partial charge on any atom is -0.0985 e. The lowest BCUT2D eigenvalue weighted by Gasteiger charge is -1.85. The summed E-state index contributed by atoms with van der Waals surface area (Å²) in [5.41, 5.74) is 2.26. The van der Waals surface area contributed by atoms with Crippen LogP contribution in [0.5, 0.6) is 0 Å². The number of hydrogen-bond acceptors (Lipinski definition) is 0. The fraction of sp³-hybridized carbons (Fsp3) is 0.0667. The summed E-state index contributed by atoms with van der Waals surface area (Å²) < 4.78 is 0. The first-order chi connectivity index (χ1) is 7.28. The quantitative estimate of drug-likeness (QED) is 0.621. The van der Waals surface area contributed by atoms with E-state index in [1.165, 1.54) is 5.56 Å². The highest BCUT2D eigenvalue weighted by Crippen LogP contribution is 1.97. The molecule has 0 bridgehead atoms. The first-order valence-electron chi connectivity index (χ1n) is 4.87. The minimum absolute atomic E-state index is 1.08. The van der Waals surface area contributed by atoms with Crippen molar-refractivity contribution in [1.82, 2.24) is 0 Å². The van der Waals surface area contributed by atoms with Gasteiger partial charge in [0.05, 0.1) is 0 Å². The first kappa shape index (κ1) is 13.2. The Balaban J connectivity index is 0.000000265. The zero-order valence-electron chi connectivity index (χ0n) is 9.32. The van der Waals surface area contributed by atoms with Crippen molar-refractivity contribution in [3.05, 3.63) is 79.4 Å². The molecule has 0 heterocycles. The van der Waals surface area contributed by atoms with Gasteiger partial charge in [0.2, 0.25) is 0 Å². The van der Waals surface area contributed by atoms with Crippen LogP contribution >= 0.6 is 0 Å². The predicted octanol–water partition coefficient (Wildman–Crippen LogP) is 4.63. The molecule has 1 aromatic carbocycles. The van der Waals surface area contributed by atoms with E-state index in [0.29, 0.717) is 0 Å². The number of allylic oxidation sites excluding steroid dienone is 4. The van der Waals surface area contributed by atoms with Crippen molar-refractivity contribution in [2.45, 2.75) is 6.92 Å². The van der Waals surface area contributed by atoms with Crippen molar-refractivity contribution in [1.29, 1.82) is 0 Å². The van der Waals surface area contributed by atoms with Gasteiger partial charge in [-0.25, -0.2) is 0 Å². The molecule has 15 heavy (non-hydrogen) atoms. The Kier molecular flexibility index (Phi) is 7.70. The van der Waals surface area contributed by atoms with Gasteiger partial charge in [-0.3, -0.25) is 0 Å². The molecule has 0 unspecified atom stereocenters. The molecule has 0 saturated carbocycles. The van der Waals surface area contributed by atoms with Crippen LogP contribution in [0, 0.1) is 0 Å². The van der Waals surface area contributed by atoms with Crippen LogP contribution in [-0.4, -0.2) is 0 Å². The van der Waals surface area contributed by atoms with Gasteiger partial charge in [0, 0.05) is 0 Å². The van der Waals surface area contributed by atoms with E-state index in [9.17, 15) is 0 Å². The Morgan fingerprint density at radius 3 is 1.73 bits per heavy atom. The highest BCUT2D eigenvalue weighted by molar-refractivity contribution is 5.45. The van der Waals surface area contributed by atoms with Gasteiger partial charge in [0.15, 0.2) is 0 Å². The van der Waals surface area contributed by atoms with Gasteiger partial charge in [-0.05, 0) is 18.1 Å². The smallest absolute Gasteiger partial charge is 0.0263 e. The van der Waals surface area contributed by atoms with Crippen LogP contribution in [0.1, 0.15) is 12.5 Å². The van der Waals surface area contributed by atoms with E-state index in [0.717, 1.165) is 5.57 Å². The third-order valence-electron chi connectivity index (χ3n) is 1.84. The molecule has 78 valence electrons. The Hall–Kier alpha value is -1.82. The lowest BCUT2D eigenvalue weighted by molar-refractivity contribution is 1.62. The fourth-order valence-corrected chi connectivity index (χ4v) is 0.908. The Morgan fingerprint density at radius 1 is 1.00 bits per heavy atom. The number of benzene rings is 1. The van der Waals surface area contributed by atoms with Gasteiger partial charge in [-0.15, -0.1) is 0 Å². The topological polar surface area (TPSA) is 0 Å². The van der Waals surface area contributed by atoms with Gasteiger partial charge < -0.3 is 0 Å². The average molecular weight is 198 g/mol. The highest BCUT2D eigenvalue weighted by Gasteiger charge is 1.75. The van der Waals surface area contributed by atoms with Gasteiger partial charge in [0.1, 0.15) is 0 Å². The predicted molar refractivity (Wildman–Crippen MR) is 70.7 cm³/mol. The van der Waals surface area contributed by atoms with Crippen molar-refractivity contribution >= 4 is 6.08 Å². The molecule has 0 N–H and O–H groups in total. The van der Waals surface area contributed by atoms with Crippen LogP contribution in [0.3, 0.4) is 0 Å². The molecule has 0 radical (unpaired) electrons. The van der Waals surface area contributed by atoms with Crippen LogP contribution in [0.4, 0.5) is 0 Å². The Bertz CT molecular complexity index is 318. The molecule has 0 spiro atoms. The summed E-state index contributed by atoms with van der Waals surface area (Å²) in [6.45, 7) is 12.7. The summed E-state index contributed by atoms with van der Waals surface area (Å²) in [5.74, 6) is 0. The second-order valence-electron chi connectivity index (χ2n) is 2.81. The third kappa shape index (κ3) is 6.28. The molecule has 0 aliphatic carbocycles. The lowest BCUT2D eigenvalue weighted by Crippen LogP contribution is -1.63. The largest absolute Gasteiger partial charge is 0.0985 e. The van der Waals surface area contributed by atoms with E-state index in [-0.39, 0.29) is 0 Å². The lowest BCUT2D eigenvalue weighted by atomic mass is 10.2. The summed E-state index contributed by atoms with van der Waals surface area (Å²) in [7, 11) is 0. The van der Waals surface area contributed by atoms with Crippen molar-refractivity contribution in [2.24, 2.45) is 0 Å². The van der Waals surface area contributed by atoms with E-state index >= 15 is 0 Å². The zero-order valence-corrected chi connectivity index (χ0v) is 9.32. The molecular weight excluding hydrogens is 180 g/mol. The van der Waals surface area contributed by atoms with Crippen LogP contribution in [-0.2, 0) is 0 Å². The molecule has 1 rings (SSSR count). The molecular formula is C15H18. The van der Waals surface area contributed by atoms with Crippen LogP contribution in [0.15, 0.2) is 73.9 Å². The molecule has 0 aliphatic heterocycles. The van der Waals surface area contributed by atoms with Crippen LogP contribution < -0.4 is 0 Å². The van der Waals surface area contributed by atoms with Gasteiger partial charge in [-0.1, -0.05) is 74.4 Å². The molecule has 0 amide bonds. The summed E-state index contributed by atoms with van der Waals surface area (Å²) >= 11 is 0. The van der Waals surface area contributed by atoms with Crippen molar-refractivity contribution in [2.75, 3.05) is 0 Å². The standard InChI is InChI=1S/C8H8.C7H10/c1-2-8-6-4-3-5-7-8;1-4-7(5-2)6-3/h2-7H,1H2;4-6H,1-2H2,3H3. The molecule has 0 heteroatoms. The van der Waals surface area contributed by atoms with Crippen molar-refractivity contribution < 1.29 is 0 Å². The maximum absolute atomic E-state index is 3.63. The van der Waals surface area contributed by atoms with E-state index < -0.39 is 0 Å². The van der Waals surface area contributed by atoms with E-state index in [2.05, 4.69) is 19.7 Å². The summed E-state index contributed by atoms with van der Waals surface area (Å²) in [5, 5.41) is 0. The molecule has 0 saturated heterocycles. The SMILES string of the molecule is C=CC(C=C)=CC.C=Cc1ccccc1. The summed E-state index contributed by atoms with van der Waals surface area (Å²) in [4.78, 5) is 0. The minimum atomic E-state index is 1.08. The average Bonchev–Trinajstić information content (AvgIpc) is 2.33. The molecule has 1 aromatic rings. The maximum atomic E-state index is 3.63. The molecule has 0 aliphatic rings. The second-order valence-corrected chi connectivity index (χ2v) is 2.81. The van der Waals surface area contributed by atoms with E-state index in [1.807, 2.05) is 49.4 Å². The second kappa shape index (κ2) is 8.76.